The molecule has 0 spiro atoms. The first-order valence-corrected chi connectivity index (χ1v) is 13.5. The molecule has 0 radical (unpaired) electrons. The number of esters is 1. The van der Waals surface area contributed by atoms with E-state index in [4.69, 9.17) is 26.5 Å². The average molecular weight is 572 g/mol. The normalized spacial score (nSPS) is 10.9. The number of methoxy groups -OCH3 is 2. The number of benzene rings is 2. The number of aromatic nitrogens is 2. The van der Waals surface area contributed by atoms with E-state index in [2.05, 4.69) is 37.5 Å². The number of rotatable bonds is 8. The number of hydrogen-bond donors (Lipinski definition) is 3. The molecule has 0 aliphatic heterocycles. The number of aryl methyl sites for hydroxylation is 1. The molecule has 1 heterocycles. The molecule has 0 saturated heterocycles. The maximum absolute atomic E-state index is 11.9. The zero-order valence-electron chi connectivity index (χ0n) is 16.9. The van der Waals surface area contributed by atoms with Gasteiger partial charge in [-0.25, -0.2) is 9.48 Å². The lowest BCUT2D eigenvalue weighted by atomic mass is 10.1. The SMILES string of the molecule is COC(=O)c1ccc(-n2cc(C)c(Nc3ccc(NPI)c(C=N)c3Cl)n2)cc1OC. The Morgan fingerprint density at radius 1 is 1.29 bits per heavy atom. The fourth-order valence-electron chi connectivity index (χ4n) is 2.93. The molecule has 0 aliphatic carbocycles. The van der Waals surface area contributed by atoms with E-state index in [-0.39, 0.29) is 0 Å². The third-order valence-corrected chi connectivity index (χ3v) is 6.09. The Bertz CT molecular complexity index is 1140. The number of hydrogen-bond acceptors (Lipinski definition) is 7. The van der Waals surface area contributed by atoms with Crippen LogP contribution in [-0.2, 0) is 4.74 Å². The Morgan fingerprint density at radius 2 is 2.03 bits per heavy atom. The number of anilines is 3. The van der Waals surface area contributed by atoms with Crippen LogP contribution in [0.1, 0.15) is 21.5 Å². The van der Waals surface area contributed by atoms with Crippen molar-refractivity contribution in [2.75, 3.05) is 24.6 Å². The number of nitrogens with zero attached hydrogens (tertiary/aromatic N) is 2. The van der Waals surface area contributed by atoms with Crippen molar-refractivity contribution < 1.29 is 14.3 Å². The van der Waals surface area contributed by atoms with Crippen molar-refractivity contribution in [1.29, 1.82) is 5.41 Å². The van der Waals surface area contributed by atoms with Gasteiger partial charge >= 0.3 is 5.97 Å². The predicted molar refractivity (Wildman–Crippen MR) is 135 cm³/mol. The topological polar surface area (TPSA) is 101 Å². The third-order valence-electron chi connectivity index (χ3n) is 4.51. The summed E-state index contributed by atoms with van der Waals surface area (Å²) in [5.41, 5.74) is 4.00. The Morgan fingerprint density at radius 3 is 2.68 bits per heavy atom. The van der Waals surface area contributed by atoms with Crippen LogP contribution in [-0.4, -0.2) is 36.2 Å². The molecular weight excluding hydrogens is 552 g/mol. The van der Waals surface area contributed by atoms with Crippen LogP contribution in [0.4, 0.5) is 17.2 Å². The lowest BCUT2D eigenvalue weighted by molar-refractivity contribution is 0.0597. The van der Waals surface area contributed by atoms with Crippen LogP contribution < -0.4 is 15.1 Å². The molecule has 0 aliphatic rings. The van der Waals surface area contributed by atoms with Crippen LogP contribution in [0.3, 0.4) is 0 Å². The summed E-state index contributed by atoms with van der Waals surface area (Å²) in [6, 6.07) is 8.84. The zero-order valence-corrected chi connectivity index (χ0v) is 20.8. The first-order valence-electron chi connectivity index (χ1n) is 8.98. The smallest absolute Gasteiger partial charge is 0.341 e. The maximum Gasteiger partial charge on any atom is 0.341 e. The number of nitrogens with one attached hydrogen (secondary N) is 3. The van der Waals surface area contributed by atoms with Gasteiger partial charge in [0.05, 0.1) is 30.6 Å². The van der Waals surface area contributed by atoms with Crippen molar-refractivity contribution in [3.05, 3.63) is 58.2 Å². The summed E-state index contributed by atoms with van der Waals surface area (Å²) in [6.07, 6.45) is 3.55. The molecule has 0 fully saturated rings. The van der Waals surface area contributed by atoms with E-state index in [0.29, 0.717) is 39.8 Å². The number of ether oxygens (including phenoxy) is 2. The fraction of sp³-hybridized carbons (Fsp3) is 0.150. The summed E-state index contributed by atoms with van der Waals surface area (Å²) in [4.78, 5) is 11.9. The van der Waals surface area contributed by atoms with Gasteiger partial charge in [0.25, 0.3) is 0 Å². The quantitative estimate of drug-likeness (QED) is 0.138. The minimum absolute atomic E-state index is 0.336. The summed E-state index contributed by atoms with van der Waals surface area (Å²) >= 11 is 8.75. The van der Waals surface area contributed by atoms with Crippen LogP contribution in [0.2, 0.25) is 5.02 Å². The molecule has 3 aromatic rings. The van der Waals surface area contributed by atoms with E-state index in [0.717, 1.165) is 16.9 Å². The van der Waals surface area contributed by atoms with E-state index in [9.17, 15) is 4.79 Å². The van der Waals surface area contributed by atoms with Gasteiger partial charge in [-0.1, -0.05) is 11.6 Å². The minimum Gasteiger partial charge on any atom is -0.496 e. The van der Waals surface area contributed by atoms with Gasteiger partial charge in [-0.2, -0.15) is 0 Å². The molecule has 2 aromatic carbocycles. The predicted octanol–water partition coefficient (Wildman–Crippen LogP) is 5.73. The van der Waals surface area contributed by atoms with Gasteiger partial charge in [0.1, 0.15) is 11.3 Å². The third kappa shape index (κ3) is 4.94. The molecule has 0 amide bonds. The van der Waals surface area contributed by atoms with Crippen LogP contribution >= 0.6 is 40.0 Å². The van der Waals surface area contributed by atoms with Gasteiger partial charge in [-0.05, 0) is 53.2 Å². The second-order valence-electron chi connectivity index (χ2n) is 6.36. The number of carbonyl (C=O) groups excluding carboxylic acids is 1. The lowest BCUT2D eigenvalue weighted by Gasteiger charge is -2.13. The van der Waals surface area contributed by atoms with Crippen molar-refractivity contribution in [3.8, 4) is 11.4 Å². The lowest BCUT2D eigenvalue weighted by Crippen LogP contribution is -2.05. The molecule has 31 heavy (non-hydrogen) atoms. The standard InChI is InChI=1S/C20H20ClIN5O3P/c1-11-10-27(12-4-5-13(20(28)30-3)17(8-12)29-2)25-19(11)24-16-7-6-15(26-31-22)14(9-23)18(16)21/h4-10,23,26,31H,1-3H3,(H,24,25). The number of halogens is 2. The van der Waals surface area contributed by atoms with Crippen molar-refractivity contribution >= 4 is 69.4 Å². The Kier molecular flexibility index (Phi) is 7.74. The fourth-order valence-corrected chi connectivity index (χ4v) is 4.39. The molecule has 0 saturated carbocycles. The van der Waals surface area contributed by atoms with Crippen molar-refractivity contribution in [2.24, 2.45) is 0 Å². The highest BCUT2D eigenvalue weighted by molar-refractivity contribution is 14.2. The first kappa shape index (κ1) is 23.3. The minimum atomic E-state index is -0.472. The maximum atomic E-state index is 11.9. The zero-order chi connectivity index (χ0) is 22.5. The number of carbonyl (C=O) groups is 1. The molecule has 162 valence electrons. The molecule has 0 bridgehead atoms. The molecular formula is C20H20ClIN5O3P. The van der Waals surface area contributed by atoms with Gasteiger partial charge in [-0.3, -0.25) is 0 Å². The van der Waals surface area contributed by atoms with E-state index in [1.54, 1.807) is 22.9 Å². The highest BCUT2D eigenvalue weighted by atomic mass is 127. The van der Waals surface area contributed by atoms with Crippen LogP contribution in [0.25, 0.3) is 5.69 Å². The van der Waals surface area contributed by atoms with Gasteiger partial charge < -0.3 is 25.3 Å². The Hall–Kier alpha value is -2.36. The van der Waals surface area contributed by atoms with Gasteiger partial charge in [-0.15, -0.1) is 5.10 Å². The van der Waals surface area contributed by atoms with Crippen LogP contribution in [0.5, 0.6) is 5.75 Å². The average Bonchev–Trinajstić information content (AvgIpc) is 3.15. The molecule has 3 rings (SSSR count). The molecule has 1 aromatic heterocycles. The molecule has 11 heteroatoms. The van der Waals surface area contributed by atoms with E-state index in [1.165, 1.54) is 20.4 Å². The summed E-state index contributed by atoms with van der Waals surface area (Å²) < 4.78 is 11.8. The van der Waals surface area contributed by atoms with Crippen molar-refractivity contribution in [3.63, 3.8) is 0 Å². The summed E-state index contributed by atoms with van der Waals surface area (Å²) in [7, 11) is 2.82. The Balaban J connectivity index is 1.94. The summed E-state index contributed by atoms with van der Waals surface area (Å²) in [6.45, 7) is 1.92. The highest BCUT2D eigenvalue weighted by Gasteiger charge is 2.16. The van der Waals surface area contributed by atoms with Gasteiger partial charge in [0.2, 0.25) is 0 Å². The van der Waals surface area contributed by atoms with E-state index in [1.807, 2.05) is 25.3 Å². The van der Waals surface area contributed by atoms with Gasteiger partial charge in [0.15, 0.2) is 5.82 Å². The van der Waals surface area contributed by atoms with E-state index >= 15 is 0 Å². The van der Waals surface area contributed by atoms with Crippen LogP contribution in [0, 0.1) is 12.3 Å². The monoisotopic (exact) mass is 571 g/mol. The summed E-state index contributed by atoms with van der Waals surface area (Å²) in [5, 5.41) is 19.2. The van der Waals surface area contributed by atoms with Crippen molar-refractivity contribution in [1.82, 2.24) is 9.78 Å². The molecule has 1 atom stereocenters. The molecule has 1 unspecified atom stereocenters. The highest BCUT2D eigenvalue weighted by Crippen LogP contribution is 2.36. The second-order valence-corrected chi connectivity index (χ2v) is 8.79. The largest absolute Gasteiger partial charge is 0.496 e. The second kappa shape index (κ2) is 10.3. The Labute approximate surface area is 199 Å². The summed E-state index contributed by atoms with van der Waals surface area (Å²) in [5.74, 6) is 0.537. The first-order chi connectivity index (χ1) is 14.9. The molecule has 8 nitrogen and oxygen atoms in total. The van der Waals surface area contributed by atoms with Gasteiger partial charge in [0, 0.05) is 41.7 Å². The van der Waals surface area contributed by atoms with Crippen LogP contribution in [0.15, 0.2) is 36.5 Å². The molecule has 3 N–H and O–H groups in total. The van der Waals surface area contributed by atoms with E-state index < -0.39 is 5.97 Å². The van der Waals surface area contributed by atoms with Crippen molar-refractivity contribution in [2.45, 2.75) is 6.92 Å².